The van der Waals surface area contributed by atoms with Gasteiger partial charge >= 0.3 is 5.97 Å². The predicted molar refractivity (Wildman–Crippen MR) is 64.2 cm³/mol. The molecule has 0 aliphatic carbocycles. The lowest BCUT2D eigenvalue weighted by Gasteiger charge is -2.35. The zero-order valence-electron chi connectivity index (χ0n) is 10.6. The minimum absolute atomic E-state index is 0.0532. The number of piperidine rings is 1. The maximum Gasteiger partial charge on any atom is 0.331 e. The average molecular weight is 256 g/mol. The van der Waals surface area contributed by atoms with Crippen molar-refractivity contribution in [3.63, 3.8) is 0 Å². The number of carbonyl (C=O) groups excluding carboxylic acids is 1. The van der Waals surface area contributed by atoms with E-state index in [2.05, 4.69) is 10.6 Å². The van der Waals surface area contributed by atoms with E-state index >= 15 is 0 Å². The van der Waals surface area contributed by atoms with Gasteiger partial charge in [0.05, 0.1) is 12.0 Å². The van der Waals surface area contributed by atoms with Gasteiger partial charge in [0.2, 0.25) is 5.91 Å². The quantitative estimate of drug-likeness (QED) is 0.647. The standard InChI is InChI=1S/C12H20N2O4/c1-11(3-2-5-13-7-11)9(15)14-12(10(16)17)4-6-18-8-12/h13H,2-8H2,1H3,(H,14,15)(H,16,17). The highest BCUT2D eigenvalue weighted by atomic mass is 16.5. The van der Waals surface area contributed by atoms with Gasteiger partial charge in [0.25, 0.3) is 0 Å². The van der Waals surface area contributed by atoms with Crippen LogP contribution in [-0.2, 0) is 14.3 Å². The highest BCUT2D eigenvalue weighted by molar-refractivity contribution is 5.90. The van der Waals surface area contributed by atoms with E-state index in [0.29, 0.717) is 19.6 Å². The highest BCUT2D eigenvalue weighted by Crippen LogP contribution is 2.28. The van der Waals surface area contributed by atoms with Gasteiger partial charge in [-0.3, -0.25) is 4.79 Å². The number of nitrogens with one attached hydrogen (secondary N) is 2. The van der Waals surface area contributed by atoms with Crippen molar-refractivity contribution in [2.24, 2.45) is 5.41 Å². The van der Waals surface area contributed by atoms with E-state index in [9.17, 15) is 14.7 Å². The Balaban J connectivity index is 2.07. The second-order valence-corrected chi connectivity index (χ2v) is 5.48. The van der Waals surface area contributed by atoms with Crippen LogP contribution in [0.25, 0.3) is 0 Å². The first-order chi connectivity index (χ1) is 8.49. The van der Waals surface area contributed by atoms with Crippen LogP contribution in [0.5, 0.6) is 0 Å². The molecule has 2 atom stereocenters. The van der Waals surface area contributed by atoms with Crippen molar-refractivity contribution in [2.75, 3.05) is 26.3 Å². The number of aliphatic carboxylic acids is 1. The van der Waals surface area contributed by atoms with E-state index in [0.717, 1.165) is 19.4 Å². The lowest BCUT2D eigenvalue weighted by Crippen LogP contribution is -2.60. The lowest BCUT2D eigenvalue weighted by atomic mass is 9.81. The van der Waals surface area contributed by atoms with Gasteiger partial charge < -0.3 is 20.5 Å². The van der Waals surface area contributed by atoms with Crippen molar-refractivity contribution in [1.29, 1.82) is 0 Å². The summed E-state index contributed by atoms with van der Waals surface area (Å²) in [5.74, 6) is -1.21. The van der Waals surface area contributed by atoms with Crippen LogP contribution in [-0.4, -0.2) is 48.8 Å². The van der Waals surface area contributed by atoms with Crippen LogP contribution < -0.4 is 10.6 Å². The first kappa shape index (κ1) is 13.3. The van der Waals surface area contributed by atoms with Crippen LogP contribution in [0.2, 0.25) is 0 Å². The van der Waals surface area contributed by atoms with Gasteiger partial charge in [-0.15, -0.1) is 0 Å². The van der Waals surface area contributed by atoms with E-state index in [4.69, 9.17) is 4.74 Å². The van der Waals surface area contributed by atoms with Crippen molar-refractivity contribution < 1.29 is 19.4 Å². The third-order valence-corrected chi connectivity index (χ3v) is 3.93. The molecule has 0 radical (unpaired) electrons. The van der Waals surface area contributed by atoms with E-state index in [1.54, 1.807) is 0 Å². The van der Waals surface area contributed by atoms with Crippen LogP contribution in [0.1, 0.15) is 26.2 Å². The van der Waals surface area contributed by atoms with Gasteiger partial charge in [-0.05, 0) is 26.3 Å². The van der Waals surface area contributed by atoms with Crippen LogP contribution in [0.15, 0.2) is 0 Å². The van der Waals surface area contributed by atoms with Gasteiger partial charge in [0.1, 0.15) is 0 Å². The van der Waals surface area contributed by atoms with Gasteiger partial charge in [-0.1, -0.05) is 0 Å². The third-order valence-electron chi connectivity index (χ3n) is 3.93. The van der Waals surface area contributed by atoms with Crippen molar-refractivity contribution in [1.82, 2.24) is 10.6 Å². The van der Waals surface area contributed by atoms with Crippen molar-refractivity contribution >= 4 is 11.9 Å². The second-order valence-electron chi connectivity index (χ2n) is 5.48. The molecule has 0 spiro atoms. The molecular formula is C12H20N2O4. The molecule has 2 unspecified atom stereocenters. The number of amides is 1. The summed E-state index contributed by atoms with van der Waals surface area (Å²) in [6.45, 7) is 3.81. The first-order valence-corrected chi connectivity index (χ1v) is 6.33. The monoisotopic (exact) mass is 256 g/mol. The molecule has 2 saturated heterocycles. The van der Waals surface area contributed by atoms with Crippen LogP contribution >= 0.6 is 0 Å². The Hall–Kier alpha value is -1.14. The van der Waals surface area contributed by atoms with Gasteiger partial charge in [-0.2, -0.15) is 0 Å². The number of rotatable bonds is 3. The summed E-state index contributed by atoms with van der Waals surface area (Å²) < 4.78 is 5.13. The van der Waals surface area contributed by atoms with Gasteiger partial charge in [0, 0.05) is 19.6 Å². The van der Waals surface area contributed by atoms with Crippen LogP contribution in [0.3, 0.4) is 0 Å². The number of hydrogen-bond acceptors (Lipinski definition) is 4. The first-order valence-electron chi connectivity index (χ1n) is 6.33. The Morgan fingerprint density at radius 3 is 2.67 bits per heavy atom. The minimum atomic E-state index is -1.24. The lowest BCUT2D eigenvalue weighted by molar-refractivity contribution is -0.149. The molecule has 0 aromatic carbocycles. The molecule has 102 valence electrons. The van der Waals surface area contributed by atoms with Crippen molar-refractivity contribution in [2.45, 2.75) is 31.7 Å². The SMILES string of the molecule is CC1(C(=O)NC2(C(=O)O)CCOC2)CCCNC1. The van der Waals surface area contributed by atoms with E-state index in [1.165, 1.54) is 0 Å². The molecule has 2 aliphatic rings. The molecule has 2 aliphatic heterocycles. The van der Waals surface area contributed by atoms with E-state index in [-0.39, 0.29) is 12.5 Å². The minimum Gasteiger partial charge on any atom is -0.479 e. The summed E-state index contributed by atoms with van der Waals surface area (Å²) in [5, 5.41) is 15.2. The second kappa shape index (κ2) is 4.85. The molecule has 6 heteroatoms. The molecular weight excluding hydrogens is 236 g/mol. The van der Waals surface area contributed by atoms with Gasteiger partial charge in [0.15, 0.2) is 5.54 Å². The smallest absolute Gasteiger partial charge is 0.331 e. The summed E-state index contributed by atoms with van der Waals surface area (Å²) in [6.07, 6.45) is 2.04. The zero-order valence-corrected chi connectivity index (χ0v) is 10.6. The zero-order chi connectivity index (χ0) is 13.2. The molecule has 0 aromatic heterocycles. The van der Waals surface area contributed by atoms with E-state index < -0.39 is 16.9 Å². The average Bonchev–Trinajstić information content (AvgIpc) is 2.80. The summed E-state index contributed by atoms with van der Waals surface area (Å²) >= 11 is 0. The molecule has 2 rings (SSSR count). The molecule has 2 heterocycles. The number of carbonyl (C=O) groups is 2. The van der Waals surface area contributed by atoms with Crippen molar-refractivity contribution in [3.05, 3.63) is 0 Å². The molecule has 2 fully saturated rings. The summed E-state index contributed by atoms with van der Waals surface area (Å²) in [5.41, 5.74) is -1.76. The molecule has 0 bridgehead atoms. The molecule has 3 N–H and O–H groups in total. The number of carboxylic acids is 1. The largest absolute Gasteiger partial charge is 0.479 e. The number of ether oxygens (including phenoxy) is 1. The summed E-state index contributed by atoms with van der Waals surface area (Å²) in [7, 11) is 0. The fourth-order valence-corrected chi connectivity index (χ4v) is 2.50. The Labute approximate surface area is 106 Å². The predicted octanol–water partition coefficient (Wildman–Crippen LogP) is -0.264. The Morgan fingerprint density at radius 2 is 2.17 bits per heavy atom. The molecule has 1 amide bonds. The number of carboxylic acid groups (broad SMARTS) is 1. The molecule has 0 saturated carbocycles. The Bertz CT molecular complexity index is 344. The topological polar surface area (TPSA) is 87.7 Å². The third kappa shape index (κ3) is 2.35. The van der Waals surface area contributed by atoms with Crippen molar-refractivity contribution in [3.8, 4) is 0 Å². The van der Waals surface area contributed by atoms with Crippen LogP contribution in [0, 0.1) is 5.41 Å². The summed E-state index contributed by atoms with van der Waals surface area (Å²) in [6, 6.07) is 0. The molecule has 18 heavy (non-hydrogen) atoms. The maximum absolute atomic E-state index is 12.3. The van der Waals surface area contributed by atoms with Gasteiger partial charge in [-0.25, -0.2) is 4.79 Å². The maximum atomic E-state index is 12.3. The number of hydrogen-bond donors (Lipinski definition) is 3. The normalized spacial score (nSPS) is 36.3. The van der Waals surface area contributed by atoms with E-state index in [1.807, 2.05) is 6.92 Å². The molecule has 0 aromatic rings. The molecule has 6 nitrogen and oxygen atoms in total. The fraction of sp³-hybridized carbons (Fsp3) is 0.833. The van der Waals surface area contributed by atoms with Crippen LogP contribution in [0.4, 0.5) is 0 Å². The summed E-state index contributed by atoms with van der Waals surface area (Å²) in [4.78, 5) is 23.7. The highest BCUT2D eigenvalue weighted by Gasteiger charge is 2.47. The Kier molecular flexibility index (Phi) is 3.59. The fourth-order valence-electron chi connectivity index (χ4n) is 2.50. The Morgan fingerprint density at radius 1 is 1.39 bits per heavy atom.